The fourth-order valence-electron chi connectivity index (χ4n) is 2.72. The third-order valence-corrected chi connectivity index (χ3v) is 5.07. The van der Waals surface area contributed by atoms with Gasteiger partial charge in [-0.2, -0.15) is 9.94 Å². The van der Waals surface area contributed by atoms with E-state index in [1.807, 2.05) is 18.8 Å². The Morgan fingerprint density at radius 1 is 1.37 bits per heavy atom. The van der Waals surface area contributed by atoms with Gasteiger partial charge in [-0.15, -0.1) is 10.2 Å². The first-order valence-electron chi connectivity index (χ1n) is 8.67. The van der Waals surface area contributed by atoms with Crippen LogP contribution in [0.2, 0.25) is 10.0 Å². The number of hydrazone groups is 1. The number of nitriles is 1. The van der Waals surface area contributed by atoms with Gasteiger partial charge in [0.25, 0.3) is 5.56 Å². The highest BCUT2D eigenvalue weighted by molar-refractivity contribution is 6.38. The van der Waals surface area contributed by atoms with Gasteiger partial charge in [0.15, 0.2) is 12.0 Å². The van der Waals surface area contributed by atoms with Crippen molar-refractivity contribution in [2.75, 3.05) is 0 Å². The van der Waals surface area contributed by atoms with Crippen molar-refractivity contribution in [3.8, 4) is 17.5 Å². The molecule has 1 aliphatic rings. The molecular formula is C18H16Cl2N6O4. The Morgan fingerprint density at radius 3 is 2.70 bits per heavy atom. The molecule has 30 heavy (non-hydrogen) atoms. The molecule has 12 heteroatoms. The molecule has 0 aliphatic carbocycles. The predicted molar refractivity (Wildman–Crippen MR) is 110 cm³/mol. The first kappa shape index (κ1) is 21.6. The minimum Gasteiger partial charge on any atom is -0.434 e. The standard InChI is InChI=1S/C18H16Cl2N6O4/c1-7(2)9-4-13(23-24-16(9)27)30-15-10(19)5-12(8(3)14(15)20)26-18(29)22-17(28)11(6-21)25-26/h4-5,7,16,24,27H,1-3H3,(H,22,28,29). The number of aromatic nitrogens is 3. The van der Waals surface area contributed by atoms with E-state index in [9.17, 15) is 14.7 Å². The monoisotopic (exact) mass is 450 g/mol. The molecule has 2 heterocycles. The summed E-state index contributed by atoms with van der Waals surface area (Å²) in [4.78, 5) is 25.8. The Morgan fingerprint density at radius 2 is 2.07 bits per heavy atom. The normalized spacial score (nSPS) is 15.9. The van der Waals surface area contributed by atoms with E-state index >= 15 is 0 Å². The molecule has 0 bridgehead atoms. The SMILES string of the molecule is Cc1c(-n2nc(C#N)c(=O)[nH]c2=O)cc(Cl)c(OC2=NNC(O)C(C(C)C)=C2)c1Cl. The predicted octanol–water partition coefficient (Wildman–Crippen LogP) is 1.60. The van der Waals surface area contributed by atoms with Crippen molar-refractivity contribution in [1.29, 1.82) is 5.26 Å². The molecule has 1 unspecified atom stereocenters. The van der Waals surface area contributed by atoms with E-state index in [4.69, 9.17) is 33.2 Å². The molecule has 10 nitrogen and oxygen atoms in total. The second kappa shape index (κ2) is 8.31. The van der Waals surface area contributed by atoms with Crippen LogP contribution in [0.15, 0.2) is 32.4 Å². The van der Waals surface area contributed by atoms with Crippen LogP contribution in [0.3, 0.4) is 0 Å². The number of aliphatic hydroxyl groups excluding tert-OH is 1. The van der Waals surface area contributed by atoms with Crippen LogP contribution in [-0.2, 0) is 0 Å². The quantitative estimate of drug-likeness (QED) is 0.643. The number of aromatic amines is 1. The Bertz CT molecular complexity index is 1240. The zero-order valence-corrected chi connectivity index (χ0v) is 17.5. The van der Waals surface area contributed by atoms with Crippen LogP contribution in [0.4, 0.5) is 0 Å². The fourth-order valence-corrected chi connectivity index (χ4v) is 3.25. The highest BCUT2D eigenvalue weighted by Gasteiger charge is 2.23. The van der Waals surface area contributed by atoms with Crippen LogP contribution in [0, 0.1) is 24.2 Å². The number of hydrogen-bond donors (Lipinski definition) is 3. The molecule has 3 N–H and O–H groups in total. The van der Waals surface area contributed by atoms with Crippen LogP contribution in [0.5, 0.6) is 5.75 Å². The number of ether oxygens (including phenoxy) is 1. The van der Waals surface area contributed by atoms with Gasteiger partial charge in [0.1, 0.15) is 6.07 Å². The van der Waals surface area contributed by atoms with Crippen LogP contribution >= 0.6 is 23.2 Å². The largest absolute Gasteiger partial charge is 0.434 e. The number of aliphatic hydroxyl groups is 1. The van der Waals surface area contributed by atoms with E-state index in [0.29, 0.717) is 11.1 Å². The van der Waals surface area contributed by atoms with Crippen molar-refractivity contribution in [1.82, 2.24) is 20.2 Å². The number of nitrogens with zero attached hydrogens (tertiary/aromatic N) is 4. The number of halogens is 2. The second-order valence-electron chi connectivity index (χ2n) is 6.66. The van der Waals surface area contributed by atoms with E-state index < -0.39 is 23.2 Å². The lowest BCUT2D eigenvalue weighted by Crippen LogP contribution is -2.34. The van der Waals surface area contributed by atoms with E-state index in [1.165, 1.54) is 6.07 Å². The summed E-state index contributed by atoms with van der Waals surface area (Å²) in [6.45, 7) is 5.40. The highest BCUT2D eigenvalue weighted by Crippen LogP contribution is 2.39. The number of benzene rings is 1. The zero-order chi connectivity index (χ0) is 22.2. The summed E-state index contributed by atoms with van der Waals surface area (Å²) in [5.74, 6) is 0.240. The number of H-pyrrole nitrogens is 1. The van der Waals surface area contributed by atoms with Crippen molar-refractivity contribution in [3.63, 3.8) is 0 Å². The van der Waals surface area contributed by atoms with Crippen molar-refractivity contribution in [2.45, 2.75) is 27.0 Å². The topological polar surface area (TPSA) is 145 Å². The molecule has 1 aromatic heterocycles. The van der Waals surface area contributed by atoms with Gasteiger partial charge in [-0.25, -0.2) is 4.79 Å². The molecule has 2 aromatic rings. The van der Waals surface area contributed by atoms with E-state index in [2.05, 4.69) is 15.6 Å². The van der Waals surface area contributed by atoms with E-state index in [-0.39, 0.29) is 33.3 Å². The Labute approximate surface area is 180 Å². The summed E-state index contributed by atoms with van der Waals surface area (Å²) in [6.07, 6.45) is 0.648. The molecule has 0 saturated carbocycles. The van der Waals surface area contributed by atoms with Gasteiger partial charge < -0.3 is 9.84 Å². The van der Waals surface area contributed by atoms with Crippen LogP contribution in [0.25, 0.3) is 5.69 Å². The minimum absolute atomic E-state index is 0.0316. The van der Waals surface area contributed by atoms with Crippen molar-refractivity contribution < 1.29 is 9.84 Å². The van der Waals surface area contributed by atoms with Gasteiger partial charge in [0.2, 0.25) is 11.6 Å². The molecule has 0 fully saturated rings. The fraction of sp³-hybridized carbons (Fsp3) is 0.278. The maximum atomic E-state index is 12.2. The highest BCUT2D eigenvalue weighted by atomic mass is 35.5. The molecule has 3 rings (SSSR count). The minimum atomic E-state index is -0.931. The molecule has 0 spiro atoms. The Balaban J connectivity index is 2.07. The van der Waals surface area contributed by atoms with Gasteiger partial charge in [-0.05, 0) is 30.0 Å². The van der Waals surface area contributed by atoms with Crippen molar-refractivity contribution in [2.24, 2.45) is 11.0 Å². The summed E-state index contributed by atoms with van der Waals surface area (Å²) >= 11 is 12.7. The summed E-state index contributed by atoms with van der Waals surface area (Å²) in [6, 6.07) is 2.97. The lowest BCUT2D eigenvalue weighted by Gasteiger charge is -2.23. The first-order chi connectivity index (χ1) is 14.1. The van der Waals surface area contributed by atoms with E-state index in [0.717, 1.165) is 4.68 Å². The van der Waals surface area contributed by atoms with Gasteiger partial charge in [0.05, 0.1) is 15.7 Å². The van der Waals surface area contributed by atoms with Crippen molar-refractivity contribution in [3.05, 3.63) is 59.9 Å². The van der Waals surface area contributed by atoms with Gasteiger partial charge in [-0.3, -0.25) is 15.2 Å². The maximum absolute atomic E-state index is 12.2. The second-order valence-corrected chi connectivity index (χ2v) is 7.45. The number of rotatable bonds is 3. The molecular weight excluding hydrogens is 435 g/mol. The van der Waals surface area contributed by atoms with Crippen molar-refractivity contribution >= 4 is 29.1 Å². The lowest BCUT2D eigenvalue weighted by molar-refractivity contribution is 0.161. The summed E-state index contributed by atoms with van der Waals surface area (Å²) < 4.78 is 6.55. The maximum Gasteiger partial charge on any atom is 0.349 e. The van der Waals surface area contributed by atoms with Crippen LogP contribution < -0.4 is 21.4 Å². The number of nitrogens with one attached hydrogen (secondary N) is 2. The van der Waals surface area contributed by atoms with Gasteiger partial charge >= 0.3 is 5.69 Å². The summed E-state index contributed by atoms with van der Waals surface area (Å²) in [5.41, 5.74) is 1.48. The van der Waals surface area contributed by atoms with Crippen LogP contribution in [0.1, 0.15) is 25.1 Å². The molecule has 1 aromatic carbocycles. The summed E-state index contributed by atoms with van der Waals surface area (Å²) in [7, 11) is 0. The molecule has 1 atom stereocenters. The van der Waals surface area contributed by atoms with Gasteiger partial charge in [0, 0.05) is 6.08 Å². The molecule has 156 valence electrons. The van der Waals surface area contributed by atoms with Crippen LogP contribution in [-0.4, -0.2) is 32.0 Å². The Hall–Kier alpha value is -3.13. The summed E-state index contributed by atoms with van der Waals surface area (Å²) in [5, 5.41) is 26.7. The molecule has 0 radical (unpaired) electrons. The average molecular weight is 451 g/mol. The first-order valence-corrected chi connectivity index (χ1v) is 9.43. The lowest BCUT2D eigenvalue weighted by atomic mass is 10.0. The number of hydrogen-bond acceptors (Lipinski definition) is 8. The van der Waals surface area contributed by atoms with Gasteiger partial charge in [-0.1, -0.05) is 37.0 Å². The molecule has 1 aliphatic heterocycles. The average Bonchev–Trinajstić information content (AvgIpc) is 2.69. The third-order valence-electron chi connectivity index (χ3n) is 4.33. The molecule has 0 amide bonds. The zero-order valence-electron chi connectivity index (χ0n) is 16.0. The smallest absolute Gasteiger partial charge is 0.349 e. The third kappa shape index (κ3) is 3.95. The van der Waals surface area contributed by atoms with E-state index in [1.54, 1.807) is 19.1 Å². The molecule has 0 saturated heterocycles. The Kier molecular flexibility index (Phi) is 5.98.